The Morgan fingerprint density at radius 2 is 2.06 bits per heavy atom. The molecular formula is C9H5BrF5NO2. The van der Waals surface area contributed by atoms with E-state index in [2.05, 4.69) is 25.7 Å². The number of nitrogens with zero attached hydrogens (tertiary/aromatic N) is 1. The molecule has 1 aromatic rings. The molecule has 0 atom stereocenters. The van der Waals surface area contributed by atoms with Gasteiger partial charge in [0.15, 0.2) is 6.29 Å². The number of pyridine rings is 1. The van der Waals surface area contributed by atoms with Crippen LogP contribution in [0.15, 0.2) is 6.07 Å². The van der Waals surface area contributed by atoms with Gasteiger partial charge in [0.2, 0.25) is 5.88 Å². The maximum atomic E-state index is 12.4. The van der Waals surface area contributed by atoms with Crippen LogP contribution in [0.3, 0.4) is 0 Å². The molecule has 3 nitrogen and oxygen atoms in total. The second-order valence-electron chi connectivity index (χ2n) is 3.03. The van der Waals surface area contributed by atoms with Crippen molar-refractivity contribution in [1.82, 2.24) is 4.98 Å². The zero-order valence-corrected chi connectivity index (χ0v) is 10.1. The molecule has 100 valence electrons. The number of carbonyl (C=O) groups is 1. The van der Waals surface area contributed by atoms with Crippen LogP contribution in [0.1, 0.15) is 28.0 Å². The minimum absolute atomic E-state index is 0.0606. The second kappa shape index (κ2) is 5.59. The first-order valence-electron chi connectivity index (χ1n) is 4.37. The number of rotatable bonds is 4. The molecule has 1 heterocycles. The molecule has 0 aromatic carbocycles. The third-order valence-electron chi connectivity index (χ3n) is 1.83. The van der Waals surface area contributed by atoms with Crippen molar-refractivity contribution in [2.75, 3.05) is 0 Å². The summed E-state index contributed by atoms with van der Waals surface area (Å²) in [5, 5.41) is -0.0858. The molecule has 0 N–H and O–H groups in total. The number of hydrogen-bond acceptors (Lipinski definition) is 3. The van der Waals surface area contributed by atoms with E-state index in [-0.39, 0.29) is 17.2 Å². The standard InChI is InChI=1S/C9H5BrF5NO2/c10-2-4-1-6(7(11)12)16-8(5(4)3-17)18-9(13,14)15/h1,3,7H,2H2. The van der Waals surface area contributed by atoms with Crippen LogP contribution in [-0.2, 0) is 5.33 Å². The summed E-state index contributed by atoms with van der Waals surface area (Å²) in [5.41, 5.74) is -1.47. The van der Waals surface area contributed by atoms with Gasteiger partial charge in [-0.05, 0) is 11.6 Å². The predicted molar refractivity (Wildman–Crippen MR) is 53.9 cm³/mol. The second-order valence-corrected chi connectivity index (χ2v) is 3.59. The zero-order valence-electron chi connectivity index (χ0n) is 8.47. The summed E-state index contributed by atoms with van der Waals surface area (Å²) in [6.45, 7) is 0. The largest absolute Gasteiger partial charge is 0.574 e. The molecular weight excluding hydrogens is 329 g/mol. The molecule has 0 amide bonds. The fourth-order valence-corrected chi connectivity index (χ4v) is 1.60. The van der Waals surface area contributed by atoms with Gasteiger partial charge in [-0.15, -0.1) is 13.2 Å². The van der Waals surface area contributed by atoms with Gasteiger partial charge in [-0.1, -0.05) is 15.9 Å². The van der Waals surface area contributed by atoms with Gasteiger partial charge in [-0.3, -0.25) is 4.79 Å². The van der Waals surface area contributed by atoms with E-state index in [1.165, 1.54) is 0 Å². The lowest BCUT2D eigenvalue weighted by Crippen LogP contribution is -2.20. The molecule has 1 aromatic heterocycles. The summed E-state index contributed by atoms with van der Waals surface area (Å²) in [6, 6.07) is 0.840. The van der Waals surface area contributed by atoms with Crippen LogP contribution >= 0.6 is 15.9 Å². The minimum Gasteiger partial charge on any atom is -0.387 e. The molecule has 0 aliphatic rings. The first kappa shape index (κ1) is 14.8. The Labute approximate surface area is 106 Å². The normalized spacial score (nSPS) is 11.7. The minimum atomic E-state index is -5.12. The average molecular weight is 334 g/mol. The molecule has 0 radical (unpaired) electrons. The molecule has 0 saturated heterocycles. The molecule has 0 aliphatic carbocycles. The van der Waals surface area contributed by atoms with Crippen molar-refractivity contribution in [3.63, 3.8) is 0 Å². The predicted octanol–water partition coefficient (Wildman–Crippen LogP) is 3.63. The van der Waals surface area contributed by atoms with Gasteiger partial charge in [-0.2, -0.15) is 0 Å². The van der Waals surface area contributed by atoms with Gasteiger partial charge >= 0.3 is 6.36 Å². The van der Waals surface area contributed by atoms with E-state index in [0.29, 0.717) is 0 Å². The number of aldehydes is 1. The van der Waals surface area contributed by atoms with Gasteiger partial charge < -0.3 is 4.74 Å². The first-order valence-corrected chi connectivity index (χ1v) is 5.49. The molecule has 0 fully saturated rings. The van der Waals surface area contributed by atoms with Gasteiger partial charge in [0.05, 0.1) is 5.56 Å². The Morgan fingerprint density at radius 3 is 2.44 bits per heavy atom. The number of aromatic nitrogens is 1. The Balaban J connectivity index is 3.35. The van der Waals surface area contributed by atoms with Crippen molar-refractivity contribution >= 4 is 22.2 Å². The van der Waals surface area contributed by atoms with E-state index in [9.17, 15) is 26.7 Å². The molecule has 1 rings (SSSR count). The van der Waals surface area contributed by atoms with E-state index in [1.807, 2.05) is 0 Å². The first-order chi connectivity index (χ1) is 8.28. The quantitative estimate of drug-likeness (QED) is 0.480. The molecule has 0 bridgehead atoms. The molecule has 0 spiro atoms. The van der Waals surface area contributed by atoms with Gasteiger partial charge in [-0.25, -0.2) is 13.8 Å². The smallest absolute Gasteiger partial charge is 0.387 e. The van der Waals surface area contributed by atoms with E-state index < -0.39 is 29.9 Å². The Hall–Kier alpha value is -1.25. The maximum Gasteiger partial charge on any atom is 0.574 e. The molecule has 18 heavy (non-hydrogen) atoms. The Bertz CT molecular complexity index is 449. The maximum absolute atomic E-state index is 12.4. The van der Waals surface area contributed by atoms with E-state index in [4.69, 9.17) is 0 Å². The number of ether oxygens (including phenoxy) is 1. The highest BCUT2D eigenvalue weighted by molar-refractivity contribution is 9.08. The van der Waals surface area contributed by atoms with Crippen molar-refractivity contribution in [3.8, 4) is 5.88 Å². The van der Waals surface area contributed by atoms with Gasteiger partial charge in [0, 0.05) is 5.33 Å². The summed E-state index contributed by atoms with van der Waals surface area (Å²) in [6.07, 6.45) is -8.12. The molecule has 0 aliphatic heterocycles. The summed E-state index contributed by atoms with van der Waals surface area (Å²) in [7, 11) is 0. The van der Waals surface area contributed by atoms with Crippen LogP contribution < -0.4 is 4.74 Å². The summed E-state index contributed by atoms with van der Waals surface area (Å²) in [5.74, 6) is -1.18. The SMILES string of the molecule is O=Cc1c(CBr)cc(C(F)F)nc1OC(F)(F)F. The van der Waals surface area contributed by atoms with Crippen molar-refractivity contribution in [2.24, 2.45) is 0 Å². The lowest BCUT2D eigenvalue weighted by Gasteiger charge is -2.13. The number of halogens is 6. The van der Waals surface area contributed by atoms with Gasteiger partial charge in [0.25, 0.3) is 6.43 Å². The molecule has 0 saturated carbocycles. The zero-order chi connectivity index (χ0) is 13.9. The van der Waals surface area contributed by atoms with E-state index in [1.54, 1.807) is 0 Å². The van der Waals surface area contributed by atoms with Crippen LogP contribution in [0.4, 0.5) is 22.0 Å². The highest BCUT2D eigenvalue weighted by Crippen LogP contribution is 2.30. The van der Waals surface area contributed by atoms with Crippen molar-refractivity contribution < 1.29 is 31.5 Å². The summed E-state index contributed by atoms with van der Waals surface area (Å²) in [4.78, 5) is 13.7. The van der Waals surface area contributed by atoms with Crippen LogP contribution in [0.25, 0.3) is 0 Å². The Morgan fingerprint density at radius 1 is 1.44 bits per heavy atom. The van der Waals surface area contributed by atoms with E-state index in [0.717, 1.165) is 6.07 Å². The van der Waals surface area contributed by atoms with Crippen molar-refractivity contribution in [2.45, 2.75) is 18.1 Å². The van der Waals surface area contributed by atoms with Gasteiger partial charge in [0.1, 0.15) is 5.69 Å². The topological polar surface area (TPSA) is 39.2 Å². The lowest BCUT2D eigenvalue weighted by molar-refractivity contribution is -0.276. The third-order valence-corrected chi connectivity index (χ3v) is 2.43. The number of alkyl halides is 6. The third kappa shape index (κ3) is 3.62. The lowest BCUT2D eigenvalue weighted by atomic mass is 10.1. The monoisotopic (exact) mass is 333 g/mol. The Kier molecular flexibility index (Phi) is 4.60. The summed E-state index contributed by atoms with van der Waals surface area (Å²) >= 11 is 2.88. The average Bonchev–Trinajstić information content (AvgIpc) is 2.25. The summed E-state index contributed by atoms with van der Waals surface area (Å²) < 4.78 is 64.5. The van der Waals surface area contributed by atoms with Crippen molar-refractivity contribution in [3.05, 3.63) is 22.9 Å². The van der Waals surface area contributed by atoms with Crippen molar-refractivity contribution in [1.29, 1.82) is 0 Å². The van der Waals surface area contributed by atoms with Crippen LogP contribution in [0.5, 0.6) is 5.88 Å². The highest BCUT2D eigenvalue weighted by atomic mass is 79.9. The fourth-order valence-electron chi connectivity index (χ4n) is 1.14. The molecule has 9 heteroatoms. The number of carbonyl (C=O) groups excluding carboxylic acids is 1. The van der Waals surface area contributed by atoms with E-state index >= 15 is 0 Å². The highest BCUT2D eigenvalue weighted by Gasteiger charge is 2.34. The van der Waals surface area contributed by atoms with Crippen LogP contribution in [0.2, 0.25) is 0 Å². The fraction of sp³-hybridized carbons (Fsp3) is 0.333. The van der Waals surface area contributed by atoms with Crippen LogP contribution in [-0.4, -0.2) is 17.6 Å². The number of hydrogen-bond donors (Lipinski definition) is 0. The van der Waals surface area contributed by atoms with Crippen LogP contribution in [0, 0.1) is 0 Å². The molecule has 0 unspecified atom stereocenters.